The van der Waals surface area contributed by atoms with E-state index in [9.17, 15) is 18.0 Å². The number of amides is 2. The molecule has 1 atom stereocenters. The van der Waals surface area contributed by atoms with Crippen molar-refractivity contribution in [1.29, 1.82) is 0 Å². The molecule has 2 aromatic carbocycles. The van der Waals surface area contributed by atoms with E-state index in [2.05, 4.69) is 15.4 Å². The quantitative estimate of drug-likeness (QED) is 0.685. The smallest absolute Gasteiger partial charge is 0.252 e. The molecule has 0 aliphatic heterocycles. The van der Waals surface area contributed by atoms with E-state index in [0.717, 1.165) is 0 Å². The molecule has 0 spiro atoms. The van der Waals surface area contributed by atoms with Gasteiger partial charge in [0.25, 0.3) is 5.91 Å². The van der Waals surface area contributed by atoms with E-state index in [0.29, 0.717) is 16.8 Å². The summed E-state index contributed by atoms with van der Waals surface area (Å²) in [7, 11) is -1.88. The highest BCUT2D eigenvalue weighted by Gasteiger charge is 2.22. The maximum Gasteiger partial charge on any atom is 0.252 e. The van der Waals surface area contributed by atoms with Crippen molar-refractivity contribution >= 4 is 27.5 Å². The van der Waals surface area contributed by atoms with E-state index < -0.39 is 22.0 Å². The molecule has 0 saturated heterocycles. The molecule has 2 rings (SSSR count). The average molecular weight is 375 g/mol. The largest absolute Gasteiger partial charge is 0.357 e. The Morgan fingerprint density at radius 1 is 1.00 bits per heavy atom. The number of likely N-dealkylation sites (N-methyl/N-ethyl adjacent to an activating group) is 1. The van der Waals surface area contributed by atoms with Crippen LogP contribution in [0.4, 0.5) is 5.69 Å². The van der Waals surface area contributed by atoms with Crippen LogP contribution >= 0.6 is 0 Å². The van der Waals surface area contributed by atoms with Gasteiger partial charge in [0.15, 0.2) is 0 Å². The third-order valence-electron chi connectivity index (χ3n) is 3.72. The molecule has 0 heterocycles. The summed E-state index contributed by atoms with van der Waals surface area (Å²) in [5.41, 5.74) is 1.34. The van der Waals surface area contributed by atoms with Crippen LogP contribution in [0.15, 0.2) is 54.6 Å². The van der Waals surface area contributed by atoms with Crippen LogP contribution in [0.25, 0.3) is 0 Å². The lowest BCUT2D eigenvalue weighted by molar-refractivity contribution is -0.122. The van der Waals surface area contributed by atoms with E-state index in [4.69, 9.17) is 0 Å². The van der Waals surface area contributed by atoms with Crippen LogP contribution in [0, 0.1) is 0 Å². The van der Waals surface area contributed by atoms with Crippen LogP contribution in [0.2, 0.25) is 0 Å². The van der Waals surface area contributed by atoms with Gasteiger partial charge in [0.1, 0.15) is 6.04 Å². The second-order valence-corrected chi connectivity index (χ2v) is 7.53. The normalized spacial score (nSPS) is 12.1. The number of sulfonamides is 1. The van der Waals surface area contributed by atoms with Gasteiger partial charge in [0.2, 0.25) is 15.9 Å². The molecular weight excluding hydrogens is 354 g/mol. The van der Waals surface area contributed by atoms with Gasteiger partial charge in [-0.2, -0.15) is 0 Å². The van der Waals surface area contributed by atoms with Crippen LogP contribution in [0.3, 0.4) is 0 Å². The molecule has 0 saturated carbocycles. The van der Waals surface area contributed by atoms with Gasteiger partial charge in [0, 0.05) is 18.3 Å². The fourth-order valence-electron chi connectivity index (χ4n) is 2.25. The highest BCUT2D eigenvalue weighted by molar-refractivity contribution is 7.92. The first-order chi connectivity index (χ1) is 12.4. The third-order valence-corrected chi connectivity index (χ3v) is 5.02. The number of carbonyl (C=O) groups is 2. The van der Waals surface area contributed by atoms with Crippen molar-refractivity contribution in [3.63, 3.8) is 0 Å². The van der Waals surface area contributed by atoms with Crippen molar-refractivity contribution in [2.24, 2.45) is 0 Å². The van der Waals surface area contributed by atoms with E-state index in [1.54, 1.807) is 24.3 Å². The molecule has 0 aromatic heterocycles. The van der Waals surface area contributed by atoms with Crippen LogP contribution in [-0.2, 0) is 14.8 Å². The van der Waals surface area contributed by atoms with Gasteiger partial charge >= 0.3 is 0 Å². The number of anilines is 1. The van der Waals surface area contributed by atoms with Crippen molar-refractivity contribution < 1.29 is 18.0 Å². The Kier molecular flexibility index (Phi) is 6.35. The zero-order chi connectivity index (χ0) is 19.2. The van der Waals surface area contributed by atoms with Crippen LogP contribution in [-0.4, -0.2) is 33.0 Å². The fraction of sp³-hybridized carbons (Fsp3) is 0.222. The van der Waals surface area contributed by atoms with Gasteiger partial charge in [-0.3, -0.25) is 14.3 Å². The Hall–Kier alpha value is -2.87. The summed E-state index contributed by atoms with van der Waals surface area (Å²) < 4.78 is 25.5. The van der Waals surface area contributed by atoms with Crippen molar-refractivity contribution in [1.82, 2.24) is 10.6 Å². The van der Waals surface area contributed by atoms with Crippen molar-refractivity contribution in [2.75, 3.05) is 17.5 Å². The van der Waals surface area contributed by atoms with E-state index >= 15 is 0 Å². The summed E-state index contributed by atoms with van der Waals surface area (Å²) in [5, 5.41) is 5.22. The molecule has 0 fully saturated rings. The minimum absolute atomic E-state index is 0.0415. The lowest BCUT2D eigenvalue weighted by Gasteiger charge is -2.18. The monoisotopic (exact) mass is 375 g/mol. The van der Waals surface area contributed by atoms with Gasteiger partial charge in [-0.05, 0) is 36.8 Å². The van der Waals surface area contributed by atoms with Crippen LogP contribution in [0.1, 0.15) is 28.9 Å². The van der Waals surface area contributed by atoms with Gasteiger partial charge in [-0.1, -0.05) is 30.3 Å². The summed E-state index contributed by atoms with van der Waals surface area (Å²) in [4.78, 5) is 24.6. The number of rotatable bonds is 7. The highest BCUT2D eigenvalue weighted by atomic mass is 32.2. The molecule has 0 aliphatic rings. The van der Waals surface area contributed by atoms with Crippen molar-refractivity contribution in [3.8, 4) is 0 Å². The first kappa shape index (κ1) is 19.5. The molecular formula is C18H21N3O4S. The molecule has 2 aromatic rings. The van der Waals surface area contributed by atoms with Gasteiger partial charge in [0.05, 0.1) is 5.75 Å². The third kappa shape index (κ3) is 5.06. The minimum Gasteiger partial charge on any atom is -0.357 e. The molecule has 8 heteroatoms. The van der Waals surface area contributed by atoms with Crippen LogP contribution < -0.4 is 15.4 Å². The topological polar surface area (TPSA) is 104 Å². The maximum absolute atomic E-state index is 12.5. The molecule has 7 nitrogen and oxygen atoms in total. The standard InChI is InChI=1S/C18H21N3O4S/c1-3-26(24,25)21-15-11-9-14(10-12-15)17(22)20-16(18(23)19-2)13-7-5-4-6-8-13/h4-12,16,21H,3H2,1-2H3,(H,19,23)(H,20,22)/t16-/m0/s1. The Labute approximate surface area is 152 Å². The SMILES string of the molecule is CCS(=O)(=O)Nc1ccc(C(=O)N[C@H](C(=O)NC)c2ccccc2)cc1. The summed E-state index contributed by atoms with van der Waals surface area (Å²) in [6.07, 6.45) is 0. The summed E-state index contributed by atoms with van der Waals surface area (Å²) in [6.45, 7) is 1.53. The molecule has 3 N–H and O–H groups in total. The number of hydrogen-bond donors (Lipinski definition) is 3. The second-order valence-electron chi connectivity index (χ2n) is 5.51. The molecule has 0 unspecified atom stereocenters. The summed E-state index contributed by atoms with van der Waals surface area (Å²) in [6, 6.07) is 14.1. The van der Waals surface area contributed by atoms with Crippen molar-refractivity contribution in [2.45, 2.75) is 13.0 Å². The Morgan fingerprint density at radius 3 is 2.15 bits per heavy atom. The Bertz CT molecular complexity index is 865. The van der Waals surface area contributed by atoms with E-state index in [1.807, 2.05) is 6.07 Å². The molecule has 0 aliphatic carbocycles. The lowest BCUT2D eigenvalue weighted by Crippen LogP contribution is -2.39. The zero-order valence-corrected chi connectivity index (χ0v) is 15.3. The number of hydrogen-bond acceptors (Lipinski definition) is 4. The predicted octanol–water partition coefficient (Wildman–Crippen LogP) is 1.67. The lowest BCUT2D eigenvalue weighted by atomic mass is 10.1. The summed E-state index contributed by atoms with van der Waals surface area (Å²) >= 11 is 0. The molecule has 138 valence electrons. The Balaban J connectivity index is 2.15. The zero-order valence-electron chi connectivity index (χ0n) is 14.5. The number of benzene rings is 2. The van der Waals surface area contributed by atoms with E-state index in [-0.39, 0.29) is 11.7 Å². The number of nitrogens with one attached hydrogen (secondary N) is 3. The van der Waals surface area contributed by atoms with Gasteiger partial charge < -0.3 is 10.6 Å². The highest BCUT2D eigenvalue weighted by Crippen LogP contribution is 2.16. The van der Waals surface area contributed by atoms with Crippen molar-refractivity contribution in [3.05, 3.63) is 65.7 Å². The molecule has 0 bridgehead atoms. The molecule has 0 radical (unpaired) electrons. The second kappa shape index (κ2) is 8.48. The first-order valence-electron chi connectivity index (χ1n) is 8.04. The molecule has 26 heavy (non-hydrogen) atoms. The molecule has 2 amide bonds. The van der Waals surface area contributed by atoms with Gasteiger partial charge in [-0.25, -0.2) is 8.42 Å². The fourth-order valence-corrected chi connectivity index (χ4v) is 2.89. The van der Waals surface area contributed by atoms with Gasteiger partial charge in [-0.15, -0.1) is 0 Å². The minimum atomic E-state index is -3.38. The first-order valence-corrected chi connectivity index (χ1v) is 9.69. The predicted molar refractivity (Wildman–Crippen MR) is 100 cm³/mol. The number of carbonyl (C=O) groups excluding carboxylic acids is 2. The average Bonchev–Trinajstić information content (AvgIpc) is 2.66. The van der Waals surface area contributed by atoms with E-state index in [1.165, 1.54) is 38.2 Å². The Morgan fingerprint density at radius 2 is 1.62 bits per heavy atom. The summed E-state index contributed by atoms with van der Waals surface area (Å²) in [5.74, 6) is -0.815. The maximum atomic E-state index is 12.5. The van der Waals surface area contributed by atoms with Crippen LogP contribution in [0.5, 0.6) is 0 Å².